The highest BCUT2D eigenvalue weighted by Crippen LogP contribution is 2.36. The van der Waals surface area contributed by atoms with Gasteiger partial charge < -0.3 is 4.42 Å². The standard InChI is InChI=1S/C17H13F3N2OS/c1-11(12-7-9-14(10-8-12)17(18,19)20)24-16-22-21-15(23-16)13-5-3-2-4-6-13/h2-11H,1H3. The van der Waals surface area contributed by atoms with Gasteiger partial charge in [0.1, 0.15) is 0 Å². The summed E-state index contributed by atoms with van der Waals surface area (Å²) in [6.07, 6.45) is -4.33. The Morgan fingerprint density at radius 3 is 2.25 bits per heavy atom. The van der Waals surface area contributed by atoms with E-state index >= 15 is 0 Å². The van der Waals surface area contributed by atoms with Crippen LogP contribution in [-0.2, 0) is 6.18 Å². The van der Waals surface area contributed by atoms with E-state index in [2.05, 4.69) is 10.2 Å². The van der Waals surface area contributed by atoms with E-state index in [1.165, 1.54) is 23.9 Å². The van der Waals surface area contributed by atoms with E-state index in [9.17, 15) is 13.2 Å². The molecule has 7 heteroatoms. The second-order valence-corrected chi connectivity index (χ2v) is 6.41. The smallest absolute Gasteiger partial charge is 0.411 e. The Hall–Kier alpha value is -2.28. The van der Waals surface area contributed by atoms with Crippen molar-refractivity contribution in [2.24, 2.45) is 0 Å². The minimum Gasteiger partial charge on any atom is -0.411 e. The maximum Gasteiger partial charge on any atom is 0.416 e. The van der Waals surface area contributed by atoms with Crippen LogP contribution in [0.4, 0.5) is 13.2 Å². The van der Waals surface area contributed by atoms with Crippen LogP contribution in [0, 0.1) is 0 Å². The summed E-state index contributed by atoms with van der Waals surface area (Å²) in [4.78, 5) is 0. The molecule has 1 aromatic heterocycles. The highest BCUT2D eigenvalue weighted by Gasteiger charge is 2.30. The lowest BCUT2D eigenvalue weighted by Crippen LogP contribution is -2.04. The van der Waals surface area contributed by atoms with Gasteiger partial charge in [-0.05, 0) is 36.8 Å². The largest absolute Gasteiger partial charge is 0.416 e. The van der Waals surface area contributed by atoms with Crippen LogP contribution in [0.5, 0.6) is 0 Å². The summed E-state index contributed by atoms with van der Waals surface area (Å²) in [6.45, 7) is 1.87. The zero-order valence-corrected chi connectivity index (χ0v) is 13.4. The van der Waals surface area contributed by atoms with Gasteiger partial charge in [0.25, 0.3) is 5.22 Å². The number of thioether (sulfide) groups is 1. The summed E-state index contributed by atoms with van der Waals surface area (Å²) in [7, 11) is 0. The van der Waals surface area contributed by atoms with Crippen LogP contribution in [0.2, 0.25) is 0 Å². The second-order valence-electron chi connectivity index (χ2n) is 5.12. The Bertz CT molecular complexity index is 801. The summed E-state index contributed by atoms with van der Waals surface area (Å²) in [6, 6.07) is 14.5. The van der Waals surface area contributed by atoms with E-state index in [0.717, 1.165) is 23.3 Å². The first kappa shape index (κ1) is 16.6. The highest BCUT2D eigenvalue weighted by molar-refractivity contribution is 7.99. The molecule has 3 aromatic rings. The molecule has 3 nitrogen and oxygen atoms in total. The third kappa shape index (κ3) is 3.79. The number of alkyl halides is 3. The van der Waals surface area contributed by atoms with Gasteiger partial charge in [-0.3, -0.25) is 0 Å². The first-order valence-corrected chi connectivity index (χ1v) is 8.04. The SMILES string of the molecule is CC(Sc1nnc(-c2ccccc2)o1)c1ccc(C(F)(F)F)cc1. The molecule has 0 spiro atoms. The van der Waals surface area contributed by atoms with E-state index in [4.69, 9.17) is 4.42 Å². The van der Waals surface area contributed by atoms with Crippen LogP contribution in [0.25, 0.3) is 11.5 Å². The van der Waals surface area contributed by atoms with Gasteiger partial charge in [0, 0.05) is 10.8 Å². The van der Waals surface area contributed by atoms with Gasteiger partial charge in [-0.1, -0.05) is 42.1 Å². The molecule has 0 saturated carbocycles. The van der Waals surface area contributed by atoms with Gasteiger partial charge in [0.15, 0.2) is 0 Å². The van der Waals surface area contributed by atoms with Crippen molar-refractivity contribution in [2.75, 3.05) is 0 Å². The first-order valence-electron chi connectivity index (χ1n) is 7.16. The third-order valence-electron chi connectivity index (χ3n) is 3.41. The fourth-order valence-electron chi connectivity index (χ4n) is 2.12. The molecule has 0 bridgehead atoms. The van der Waals surface area contributed by atoms with E-state index < -0.39 is 11.7 Å². The van der Waals surface area contributed by atoms with E-state index in [0.29, 0.717) is 11.1 Å². The number of benzene rings is 2. The second kappa shape index (κ2) is 6.68. The lowest BCUT2D eigenvalue weighted by Gasteiger charge is -2.11. The average molecular weight is 350 g/mol. The van der Waals surface area contributed by atoms with Gasteiger partial charge in [-0.15, -0.1) is 10.2 Å². The molecule has 1 heterocycles. The number of nitrogens with zero attached hydrogens (tertiary/aromatic N) is 2. The fraction of sp³-hybridized carbons (Fsp3) is 0.176. The van der Waals surface area contributed by atoms with Crippen molar-refractivity contribution in [2.45, 2.75) is 23.6 Å². The van der Waals surface area contributed by atoms with Crippen LogP contribution in [0.15, 0.2) is 64.2 Å². The van der Waals surface area contributed by atoms with Gasteiger partial charge in [-0.2, -0.15) is 13.2 Å². The quantitative estimate of drug-likeness (QED) is 0.573. The van der Waals surface area contributed by atoms with Crippen LogP contribution in [0.3, 0.4) is 0 Å². The van der Waals surface area contributed by atoms with Crippen molar-refractivity contribution < 1.29 is 17.6 Å². The molecule has 3 rings (SSSR count). The predicted molar refractivity (Wildman–Crippen MR) is 85.5 cm³/mol. The van der Waals surface area contributed by atoms with Crippen molar-refractivity contribution in [3.05, 3.63) is 65.7 Å². The average Bonchev–Trinajstić information content (AvgIpc) is 3.03. The number of rotatable bonds is 4. The third-order valence-corrected chi connectivity index (χ3v) is 4.40. The maximum absolute atomic E-state index is 12.6. The molecule has 2 aromatic carbocycles. The van der Waals surface area contributed by atoms with Crippen LogP contribution in [0.1, 0.15) is 23.3 Å². The Balaban J connectivity index is 1.71. The number of halogens is 3. The lowest BCUT2D eigenvalue weighted by atomic mass is 10.1. The van der Waals surface area contributed by atoms with Crippen molar-refractivity contribution in [3.8, 4) is 11.5 Å². The van der Waals surface area contributed by atoms with Crippen molar-refractivity contribution in [1.82, 2.24) is 10.2 Å². The molecule has 0 aliphatic rings. The van der Waals surface area contributed by atoms with Gasteiger partial charge in [0.05, 0.1) is 5.56 Å². The van der Waals surface area contributed by atoms with E-state index in [1.54, 1.807) is 0 Å². The number of hydrogen-bond acceptors (Lipinski definition) is 4. The fourth-order valence-corrected chi connectivity index (χ4v) is 2.93. The summed E-state index contributed by atoms with van der Waals surface area (Å²) in [5, 5.41) is 8.24. The minimum atomic E-state index is -4.33. The first-order chi connectivity index (χ1) is 11.4. The molecule has 1 atom stereocenters. The topological polar surface area (TPSA) is 38.9 Å². The van der Waals surface area contributed by atoms with Crippen LogP contribution >= 0.6 is 11.8 Å². The summed E-state index contributed by atoms with van der Waals surface area (Å²) < 4.78 is 43.4. The molecule has 0 radical (unpaired) electrons. The lowest BCUT2D eigenvalue weighted by molar-refractivity contribution is -0.137. The molecule has 1 unspecified atom stereocenters. The monoisotopic (exact) mass is 350 g/mol. The van der Waals surface area contributed by atoms with Gasteiger partial charge in [0.2, 0.25) is 5.89 Å². The molecular weight excluding hydrogens is 337 g/mol. The zero-order valence-electron chi connectivity index (χ0n) is 12.6. The van der Waals surface area contributed by atoms with Crippen LogP contribution < -0.4 is 0 Å². The van der Waals surface area contributed by atoms with Crippen molar-refractivity contribution >= 4 is 11.8 Å². The molecule has 0 aliphatic carbocycles. The predicted octanol–water partition coefficient (Wildman–Crippen LogP) is 5.61. The summed E-state index contributed by atoms with van der Waals surface area (Å²) in [5.41, 5.74) is 0.916. The molecule has 0 amide bonds. The number of hydrogen-bond donors (Lipinski definition) is 0. The Kier molecular flexibility index (Phi) is 4.62. The zero-order chi connectivity index (χ0) is 17.2. The molecule has 24 heavy (non-hydrogen) atoms. The van der Waals surface area contributed by atoms with Gasteiger partial charge in [-0.25, -0.2) is 0 Å². The Morgan fingerprint density at radius 2 is 1.62 bits per heavy atom. The van der Waals surface area contributed by atoms with Crippen molar-refractivity contribution in [1.29, 1.82) is 0 Å². The molecule has 0 N–H and O–H groups in total. The molecule has 0 saturated heterocycles. The molecule has 0 fully saturated rings. The highest BCUT2D eigenvalue weighted by atomic mass is 32.2. The van der Waals surface area contributed by atoms with E-state index in [1.807, 2.05) is 37.3 Å². The summed E-state index contributed by atoms with van der Waals surface area (Å²) >= 11 is 1.30. The van der Waals surface area contributed by atoms with Gasteiger partial charge >= 0.3 is 6.18 Å². The molecule has 0 aliphatic heterocycles. The van der Waals surface area contributed by atoms with E-state index in [-0.39, 0.29) is 5.25 Å². The maximum atomic E-state index is 12.6. The summed E-state index contributed by atoms with van der Waals surface area (Å²) in [5.74, 6) is 0.415. The van der Waals surface area contributed by atoms with Crippen molar-refractivity contribution in [3.63, 3.8) is 0 Å². The molecular formula is C17H13F3N2OS. The molecule has 124 valence electrons. The number of aromatic nitrogens is 2. The Morgan fingerprint density at radius 1 is 0.958 bits per heavy atom. The minimum absolute atomic E-state index is 0.114. The normalized spacial score (nSPS) is 13.0. The van der Waals surface area contributed by atoms with Crippen LogP contribution in [-0.4, -0.2) is 10.2 Å². The Labute approximate surface area is 140 Å².